The number of aromatic hydroxyl groups is 2. The van der Waals surface area contributed by atoms with Gasteiger partial charge in [-0.1, -0.05) is 53.4 Å². The molecule has 0 amide bonds. The summed E-state index contributed by atoms with van der Waals surface area (Å²) in [6.45, 7) is 13.7. The highest BCUT2D eigenvalue weighted by molar-refractivity contribution is 8.00. The van der Waals surface area contributed by atoms with E-state index in [1.165, 1.54) is 19.3 Å². The highest BCUT2D eigenvalue weighted by atomic mass is 32.2. The van der Waals surface area contributed by atoms with Gasteiger partial charge in [0.05, 0.1) is 4.90 Å². The summed E-state index contributed by atoms with van der Waals surface area (Å²) in [5.74, 6) is 0.275. The van der Waals surface area contributed by atoms with Crippen molar-refractivity contribution in [3.05, 3.63) is 6.07 Å². The number of rotatable bonds is 12. The van der Waals surface area contributed by atoms with Gasteiger partial charge in [-0.15, -0.1) is 11.8 Å². The van der Waals surface area contributed by atoms with Crippen LogP contribution in [-0.4, -0.2) is 25.8 Å². The summed E-state index contributed by atoms with van der Waals surface area (Å²) >= 11 is 1.67. The lowest BCUT2D eigenvalue weighted by molar-refractivity contribution is -0.126. The first-order valence-electron chi connectivity index (χ1n) is 10.3. The van der Waals surface area contributed by atoms with E-state index in [1.54, 1.807) is 29.3 Å². The first-order valence-corrected chi connectivity index (χ1v) is 11.2. The van der Waals surface area contributed by atoms with Gasteiger partial charge in [0, 0.05) is 22.3 Å². The monoisotopic (exact) mass is 397 g/mol. The van der Waals surface area contributed by atoms with Gasteiger partial charge in [-0.3, -0.25) is 9.36 Å². The summed E-state index contributed by atoms with van der Waals surface area (Å²) in [5, 5.41) is 21.9. The molecular weight excluding hydrogens is 358 g/mol. The van der Waals surface area contributed by atoms with Crippen LogP contribution in [0.2, 0.25) is 0 Å². The van der Waals surface area contributed by atoms with Crippen LogP contribution < -0.4 is 0 Å². The lowest BCUT2D eigenvalue weighted by Crippen LogP contribution is -2.35. The van der Waals surface area contributed by atoms with E-state index in [0.29, 0.717) is 11.7 Å². The van der Waals surface area contributed by atoms with Crippen molar-refractivity contribution in [3.8, 4) is 11.8 Å². The van der Waals surface area contributed by atoms with Gasteiger partial charge in [-0.2, -0.15) is 0 Å². The molecule has 2 N–H and O–H groups in total. The first-order chi connectivity index (χ1) is 12.5. The number of nitrogens with zero attached hydrogens (tertiary/aromatic N) is 1. The zero-order valence-corrected chi connectivity index (χ0v) is 19.1. The quantitative estimate of drug-likeness (QED) is 0.313. The highest BCUT2D eigenvalue weighted by Gasteiger charge is 2.36. The Hall–Kier alpha value is -1.10. The van der Waals surface area contributed by atoms with Crippen LogP contribution in [0.3, 0.4) is 0 Å². The molecule has 1 rings (SSSR count). The predicted molar refractivity (Wildman–Crippen MR) is 115 cm³/mol. The smallest absolute Gasteiger partial charge is 0.208 e. The van der Waals surface area contributed by atoms with Crippen LogP contribution in [0.5, 0.6) is 11.8 Å². The number of unbranched alkanes of at least 4 members (excludes halogenated alkanes) is 2. The average Bonchev–Trinajstić information content (AvgIpc) is 2.81. The molecule has 0 radical (unpaired) electrons. The van der Waals surface area contributed by atoms with Crippen molar-refractivity contribution in [2.45, 2.75) is 109 Å². The van der Waals surface area contributed by atoms with E-state index >= 15 is 0 Å². The van der Waals surface area contributed by atoms with Gasteiger partial charge >= 0.3 is 0 Å². The number of carbonyl (C=O) groups is 1. The van der Waals surface area contributed by atoms with E-state index in [9.17, 15) is 15.0 Å². The fourth-order valence-electron chi connectivity index (χ4n) is 3.82. The second-order valence-corrected chi connectivity index (χ2v) is 10.3. The number of thioether (sulfide) groups is 1. The standard InChI is InChI=1S/C22H39NO3S/c1-8-10-11-13-17(12-9-2)27-18-14-19(25)23(20(18)26)22(6,7)15-21(4,5)16(3)24/h14,17,25-26H,8-13,15H2,1-7H3. The third-order valence-corrected chi connectivity index (χ3v) is 6.75. The second kappa shape index (κ2) is 9.90. The number of hydrogen-bond acceptors (Lipinski definition) is 4. The van der Waals surface area contributed by atoms with Crippen LogP contribution >= 0.6 is 11.8 Å². The molecule has 1 heterocycles. The predicted octanol–water partition coefficient (Wildman–Crippen LogP) is 6.48. The number of ketones is 1. The molecule has 0 saturated heterocycles. The summed E-state index contributed by atoms with van der Waals surface area (Å²) in [7, 11) is 0. The van der Waals surface area contributed by atoms with Crippen molar-refractivity contribution in [1.29, 1.82) is 0 Å². The van der Waals surface area contributed by atoms with Gasteiger partial charge in [0.15, 0.2) is 5.88 Å². The Bertz CT molecular complexity index is 619. The van der Waals surface area contributed by atoms with Gasteiger partial charge in [-0.05, 0) is 40.0 Å². The normalized spacial score (nSPS) is 13.7. The van der Waals surface area contributed by atoms with E-state index in [4.69, 9.17) is 0 Å². The van der Waals surface area contributed by atoms with Crippen LogP contribution in [-0.2, 0) is 10.3 Å². The number of carbonyl (C=O) groups excluding carboxylic acids is 1. The molecule has 4 nitrogen and oxygen atoms in total. The Kier molecular flexibility index (Phi) is 8.78. The second-order valence-electron chi connectivity index (χ2n) is 8.98. The molecule has 0 aliphatic rings. The van der Waals surface area contributed by atoms with Crippen molar-refractivity contribution in [2.24, 2.45) is 5.41 Å². The summed E-state index contributed by atoms with van der Waals surface area (Å²) in [6.07, 6.45) is 7.48. The van der Waals surface area contributed by atoms with Crippen LogP contribution in [0.25, 0.3) is 0 Å². The van der Waals surface area contributed by atoms with E-state index < -0.39 is 11.0 Å². The molecule has 1 aromatic rings. The van der Waals surface area contributed by atoms with Gasteiger partial charge < -0.3 is 10.2 Å². The Morgan fingerprint density at radius 2 is 1.74 bits per heavy atom. The Labute approximate surface area is 169 Å². The SMILES string of the molecule is CCCCCC(CCC)Sc1cc(O)n(C(C)(C)CC(C)(C)C(C)=O)c1O. The topological polar surface area (TPSA) is 62.5 Å². The molecule has 156 valence electrons. The molecule has 0 spiro atoms. The molecule has 0 aliphatic carbocycles. The minimum Gasteiger partial charge on any atom is -0.494 e. The van der Waals surface area contributed by atoms with Gasteiger partial charge in [0.2, 0.25) is 5.88 Å². The van der Waals surface area contributed by atoms with Crippen molar-refractivity contribution in [2.75, 3.05) is 0 Å². The first kappa shape index (κ1) is 23.9. The molecule has 0 bridgehead atoms. The highest BCUT2D eigenvalue weighted by Crippen LogP contribution is 2.45. The molecule has 1 unspecified atom stereocenters. The van der Waals surface area contributed by atoms with E-state index in [2.05, 4.69) is 13.8 Å². The van der Waals surface area contributed by atoms with E-state index in [0.717, 1.165) is 24.2 Å². The van der Waals surface area contributed by atoms with Crippen molar-refractivity contribution >= 4 is 17.5 Å². The molecule has 0 aliphatic heterocycles. The average molecular weight is 398 g/mol. The number of aromatic nitrogens is 1. The van der Waals surface area contributed by atoms with Crippen molar-refractivity contribution in [3.63, 3.8) is 0 Å². The lowest BCUT2D eigenvalue weighted by Gasteiger charge is -2.35. The minimum absolute atomic E-state index is 0.0585. The third kappa shape index (κ3) is 6.48. The molecule has 27 heavy (non-hydrogen) atoms. The van der Waals surface area contributed by atoms with Crippen LogP contribution in [0, 0.1) is 5.41 Å². The lowest BCUT2D eigenvalue weighted by atomic mass is 9.77. The van der Waals surface area contributed by atoms with Gasteiger partial charge in [0.25, 0.3) is 0 Å². The van der Waals surface area contributed by atoms with Gasteiger partial charge in [-0.25, -0.2) is 0 Å². The fraction of sp³-hybridized carbons (Fsp3) is 0.773. The van der Waals surface area contributed by atoms with Crippen LogP contribution in [0.1, 0.15) is 93.4 Å². The molecule has 1 aromatic heterocycles. The minimum atomic E-state index is -0.579. The third-order valence-electron chi connectivity index (χ3n) is 5.39. The maximum Gasteiger partial charge on any atom is 0.208 e. The van der Waals surface area contributed by atoms with Crippen LogP contribution in [0.4, 0.5) is 0 Å². The molecule has 0 saturated carbocycles. The molecular formula is C22H39NO3S. The largest absolute Gasteiger partial charge is 0.494 e. The summed E-state index contributed by atoms with van der Waals surface area (Å²) in [4.78, 5) is 12.7. The maximum atomic E-state index is 12.0. The Balaban J connectivity index is 3.06. The Morgan fingerprint density at radius 3 is 2.26 bits per heavy atom. The van der Waals surface area contributed by atoms with E-state index in [-0.39, 0.29) is 17.5 Å². The Morgan fingerprint density at radius 1 is 1.11 bits per heavy atom. The molecule has 1 atom stereocenters. The van der Waals surface area contributed by atoms with Crippen molar-refractivity contribution < 1.29 is 15.0 Å². The van der Waals surface area contributed by atoms with Crippen molar-refractivity contribution in [1.82, 2.24) is 4.57 Å². The van der Waals surface area contributed by atoms with Gasteiger partial charge in [0.1, 0.15) is 5.78 Å². The molecule has 0 aromatic carbocycles. The number of hydrogen-bond donors (Lipinski definition) is 2. The van der Waals surface area contributed by atoms with E-state index in [1.807, 2.05) is 27.7 Å². The molecule has 5 heteroatoms. The zero-order valence-electron chi connectivity index (χ0n) is 18.3. The number of Topliss-reactive ketones (excluding diaryl/α,β-unsaturated/α-hetero) is 1. The summed E-state index contributed by atoms with van der Waals surface area (Å²) in [6, 6.07) is 1.67. The van der Waals surface area contributed by atoms with Crippen LogP contribution in [0.15, 0.2) is 11.0 Å². The molecule has 0 fully saturated rings. The summed E-state index contributed by atoms with van der Waals surface area (Å²) in [5.41, 5.74) is -1.10. The fourth-order valence-corrected chi connectivity index (χ4v) is 5.19. The zero-order chi connectivity index (χ0) is 20.8. The maximum absolute atomic E-state index is 12.0. The summed E-state index contributed by atoms with van der Waals surface area (Å²) < 4.78 is 1.58.